The Morgan fingerprint density at radius 3 is 3.00 bits per heavy atom. The first-order chi connectivity index (χ1) is 7.34. The van der Waals surface area contributed by atoms with Crippen LogP contribution in [0.5, 0.6) is 0 Å². The normalized spacial score (nSPS) is 10.7. The second kappa shape index (κ2) is 5.75. The van der Waals surface area contributed by atoms with Gasteiger partial charge in [0, 0.05) is 23.3 Å². The van der Waals surface area contributed by atoms with Crippen molar-refractivity contribution in [3.8, 4) is 0 Å². The van der Waals surface area contributed by atoms with Crippen LogP contribution in [0.3, 0.4) is 0 Å². The first kappa shape index (κ1) is 11.3. The van der Waals surface area contributed by atoms with Gasteiger partial charge >= 0.3 is 0 Å². The zero-order valence-corrected chi connectivity index (χ0v) is 11.3. The third kappa shape index (κ3) is 3.68. The summed E-state index contributed by atoms with van der Waals surface area (Å²) < 4.78 is 1.21. The van der Waals surface area contributed by atoms with Crippen LogP contribution in [0.15, 0.2) is 26.8 Å². The van der Waals surface area contributed by atoms with Crippen molar-refractivity contribution in [3.05, 3.63) is 37.4 Å². The molecule has 0 amide bonds. The van der Waals surface area contributed by atoms with Gasteiger partial charge in [0.25, 0.3) is 0 Å². The molecule has 80 valence electrons. The molecule has 2 nitrogen and oxygen atoms in total. The number of nitrogens with one attached hydrogen (secondary N) is 1. The van der Waals surface area contributed by atoms with Crippen LogP contribution in [0.25, 0.3) is 0 Å². The molecule has 0 aliphatic heterocycles. The number of thiophene rings is 1. The van der Waals surface area contributed by atoms with E-state index in [1.807, 2.05) is 5.51 Å². The molecule has 0 bridgehead atoms. The molecule has 0 spiro atoms. The van der Waals surface area contributed by atoms with E-state index in [-0.39, 0.29) is 0 Å². The van der Waals surface area contributed by atoms with Crippen LogP contribution in [0, 0.1) is 0 Å². The first-order valence-electron chi connectivity index (χ1n) is 4.66. The molecule has 1 N–H and O–H groups in total. The van der Waals surface area contributed by atoms with Gasteiger partial charge in [-0.05, 0) is 34.5 Å². The quantitative estimate of drug-likeness (QED) is 0.857. The molecule has 0 atom stereocenters. The third-order valence-electron chi connectivity index (χ3n) is 1.97. The fourth-order valence-electron chi connectivity index (χ4n) is 1.24. The van der Waals surface area contributed by atoms with Gasteiger partial charge in [0.15, 0.2) is 0 Å². The van der Waals surface area contributed by atoms with Crippen molar-refractivity contribution in [1.82, 2.24) is 10.3 Å². The van der Waals surface area contributed by atoms with Gasteiger partial charge in [0.2, 0.25) is 0 Å². The molecule has 0 saturated carbocycles. The lowest BCUT2D eigenvalue weighted by molar-refractivity contribution is 0.681. The summed E-state index contributed by atoms with van der Waals surface area (Å²) in [6.07, 6.45) is 1.08. The van der Waals surface area contributed by atoms with Crippen molar-refractivity contribution in [2.75, 3.05) is 6.54 Å². The van der Waals surface area contributed by atoms with E-state index in [1.165, 1.54) is 8.66 Å². The van der Waals surface area contributed by atoms with Gasteiger partial charge in [-0.3, -0.25) is 0 Å². The van der Waals surface area contributed by atoms with Gasteiger partial charge in [-0.15, -0.1) is 22.7 Å². The lowest BCUT2D eigenvalue weighted by Gasteiger charge is -2.00. The number of halogens is 1. The number of nitrogens with zero attached hydrogens (tertiary/aromatic N) is 1. The van der Waals surface area contributed by atoms with Gasteiger partial charge < -0.3 is 5.32 Å². The van der Waals surface area contributed by atoms with Crippen LogP contribution < -0.4 is 5.32 Å². The van der Waals surface area contributed by atoms with Crippen LogP contribution in [-0.4, -0.2) is 11.5 Å². The van der Waals surface area contributed by atoms with Gasteiger partial charge in [-0.2, -0.15) is 0 Å². The lowest BCUT2D eigenvalue weighted by Crippen LogP contribution is -2.16. The summed E-state index contributed by atoms with van der Waals surface area (Å²) in [5, 5.41) is 5.46. The van der Waals surface area contributed by atoms with Gasteiger partial charge in [-0.1, -0.05) is 0 Å². The molecule has 0 aromatic carbocycles. The van der Waals surface area contributed by atoms with E-state index in [0.717, 1.165) is 25.2 Å². The molecule has 0 aliphatic carbocycles. The van der Waals surface area contributed by atoms with Crippen LogP contribution in [0.4, 0.5) is 0 Å². The number of thiazole rings is 1. The molecule has 0 unspecified atom stereocenters. The standard InChI is InChI=1S/C10H11BrN2S2/c11-10-2-1-9(15-10)3-4-12-5-8-6-14-7-13-8/h1-2,6-7,12H,3-5H2. The molecule has 2 rings (SSSR count). The van der Waals surface area contributed by atoms with Crippen molar-refractivity contribution in [2.45, 2.75) is 13.0 Å². The van der Waals surface area contributed by atoms with E-state index in [2.05, 4.69) is 43.7 Å². The van der Waals surface area contributed by atoms with Gasteiger partial charge in [0.05, 0.1) is 15.0 Å². The fraction of sp³-hybridized carbons (Fsp3) is 0.300. The smallest absolute Gasteiger partial charge is 0.0795 e. The third-order valence-corrected chi connectivity index (χ3v) is 4.29. The fourth-order valence-corrected chi connectivity index (χ4v) is 3.28. The summed E-state index contributed by atoms with van der Waals surface area (Å²) in [7, 11) is 0. The van der Waals surface area contributed by atoms with E-state index in [0.29, 0.717) is 0 Å². The van der Waals surface area contributed by atoms with Crippen molar-refractivity contribution in [3.63, 3.8) is 0 Å². The van der Waals surface area contributed by atoms with Crippen molar-refractivity contribution < 1.29 is 0 Å². The second-order valence-corrected chi connectivity index (χ2v) is 6.38. The maximum atomic E-state index is 4.22. The highest BCUT2D eigenvalue weighted by Gasteiger charge is 1.98. The summed E-state index contributed by atoms with van der Waals surface area (Å²) in [6.45, 7) is 1.88. The minimum Gasteiger partial charge on any atom is -0.311 e. The molecule has 0 radical (unpaired) electrons. The number of hydrogen-bond acceptors (Lipinski definition) is 4. The number of hydrogen-bond donors (Lipinski definition) is 1. The maximum Gasteiger partial charge on any atom is 0.0795 e. The maximum absolute atomic E-state index is 4.22. The Kier molecular flexibility index (Phi) is 4.31. The van der Waals surface area contributed by atoms with E-state index in [4.69, 9.17) is 0 Å². The van der Waals surface area contributed by atoms with E-state index >= 15 is 0 Å². The monoisotopic (exact) mass is 302 g/mol. The second-order valence-electron chi connectivity index (χ2n) is 3.11. The summed E-state index contributed by atoms with van der Waals surface area (Å²) in [6, 6.07) is 4.26. The average Bonchev–Trinajstić information content (AvgIpc) is 2.84. The predicted molar refractivity (Wildman–Crippen MR) is 69.5 cm³/mol. The van der Waals surface area contributed by atoms with Crippen LogP contribution in [0.2, 0.25) is 0 Å². The SMILES string of the molecule is Brc1ccc(CCNCc2cscn2)s1. The average molecular weight is 303 g/mol. The predicted octanol–water partition coefficient (Wildman–Crippen LogP) is 3.30. The van der Waals surface area contributed by atoms with Crippen molar-refractivity contribution in [2.24, 2.45) is 0 Å². The lowest BCUT2D eigenvalue weighted by atomic mass is 10.3. The Balaban J connectivity index is 1.67. The zero-order chi connectivity index (χ0) is 10.5. The van der Waals surface area contributed by atoms with Crippen LogP contribution >= 0.6 is 38.6 Å². The highest BCUT2D eigenvalue weighted by Crippen LogP contribution is 2.22. The molecule has 5 heteroatoms. The van der Waals surface area contributed by atoms with Gasteiger partial charge in [-0.25, -0.2) is 4.98 Å². The summed E-state index contributed by atoms with van der Waals surface area (Å²) in [4.78, 5) is 5.63. The summed E-state index contributed by atoms with van der Waals surface area (Å²) in [5.41, 5.74) is 3.00. The van der Waals surface area contributed by atoms with Crippen LogP contribution in [-0.2, 0) is 13.0 Å². The number of aromatic nitrogens is 1. The first-order valence-corrected chi connectivity index (χ1v) is 7.22. The van der Waals surface area contributed by atoms with E-state index < -0.39 is 0 Å². The zero-order valence-electron chi connectivity index (χ0n) is 8.07. The minimum absolute atomic E-state index is 0.871. The molecule has 15 heavy (non-hydrogen) atoms. The molecule has 0 aliphatic rings. The Labute approximate surface area is 106 Å². The highest BCUT2D eigenvalue weighted by atomic mass is 79.9. The van der Waals surface area contributed by atoms with E-state index in [9.17, 15) is 0 Å². The molecule has 2 aromatic rings. The Morgan fingerprint density at radius 2 is 2.33 bits per heavy atom. The topological polar surface area (TPSA) is 24.9 Å². The molecule has 0 fully saturated rings. The van der Waals surface area contributed by atoms with Gasteiger partial charge in [0.1, 0.15) is 0 Å². The van der Waals surface area contributed by atoms with Crippen molar-refractivity contribution >= 4 is 38.6 Å². The summed E-state index contributed by atoms with van der Waals surface area (Å²) >= 11 is 6.90. The highest BCUT2D eigenvalue weighted by molar-refractivity contribution is 9.11. The Bertz CT molecular complexity index is 397. The molecule has 2 aromatic heterocycles. The molecule has 2 heterocycles. The largest absolute Gasteiger partial charge is 0.311 e. The van der Waals surface area contributed by atoms with E-state index in [1.54, 1.807) is 22.7 Å². The number of rotatable bonds is 5. The van der Waals surface area contributed by atoms with Crippen molar-refractivity contribution in [1.29, 1.82) is 0 Å². The summed E-state index contributed by atoms with van der Waals surface area (Å²) in [5.74, 6) is 0. The Morgan fingerprint density at radius 1 is 1.40 bits per heavy atom. The molecular weight excluding hydrogens is 292 g/mol. The Hall–Kier alpha value is -0.230. The minimum atomic E-state index is 0.871. The molecule has 0 saturated heterocycles. The van der Waals surface area contributed by atoms with Crippen LogP contribution in [0.1, 0.15) is 10.6 Å². The molecular formula is C10H11BrN2S2.